The molecule has 0 saturated carbocycles. The van der Waals surface area contributed by atoms with Crippen molar-refractivity contribution in [1.82, 2.24) is 4.90 Å². The lowest BCUT2D eigenvalue weighted by Gasteiger charge is -2.20. The summed E-state index contributed by atoms with van der Waals surface area (Å²) in [4.78, 5) is 37.4. The Hall–Kier alpha value is -4.91. The number of rotatable bonds is 22. The molecule has 1 aromatic rings. The maximum atomic E-state index is 13.0. The molecule has 0 saturated heterocycles. The predicted molar refractivity (Wildman–Crippen MR) is 181 cm³/mol. The zero-order valence-electron chi connectivity index (χ0n) is 27.5. The fourth-order valence-electron chi connectivity index (χ4n) is 4.14. The number of hydrogen-bond acceptors (Lipinski definition) is 8. The minimum absolute atomic E-state index is 0.0133. The molecule has 0 N–H and O–H groups in total. The van der Waals surface area contributed by atoms with Gasteiger partial charge in [0.15, 0.2) is 5.75 Å². The smallest absolute Gasteiger partial charge is 0.315 e. The van der Waals surface area contributed by atoms with Crippen LogP contribution in [0.1, 0.15) is 70.8 Å². The van der Waals surface area contributed by atoms with E-state index in [1.165, 1.54) is 37.3 Å². The molecule has 10 nitrogen and oxygen atoms in total. The molecule has 0 radical (unpaired) electrons. The van der Waals surface area contributed by atoms with Crippen LogP contribution in [0.5, 0.6) is 11.5 Å². The van der Waals surface area contributed by atoms with Gasteiger partial charge in [-0.05, 0) is 69.6 Å². The van der Waals surface area contributed by atoms with Crippen LogP contribution in [0.2, 0.25) is 0 Å². The number of hydrogen-bond donors (Lipinski definition) is 0. The molecular weight excluding hydrogens is 586 g/mol. The summed E-state index contributed by atoms with van der Waals surface area (Å²) in [6.07, 6.45) is 29.1. The van der Waals surface area contributed by atoms with E-state index in [0.717, 1.165) is 38.5 Å². The van der Waals surface area contributed by atoms with E-state index >= 15 is 0 Å². The van der Waals surface area contributed by atoms with E-state index in [-0.39, 0.29) is 60.4 Å². The maximum Gasteiger partial charge on any atom is 0.315 e. The number of esters is 1. The van der Waals surface area contributed by atoms with Gasteiger partial charge in [-0.25, -0.2) is 0 Å². The fraction of sp³-hybridized carbons (Fsp3) is 0.417. The first kappa shape index (κ1) is 39.1. The number of carbonyl (C=O) groups is 2. The van der Waals surface area contributed by atoms with Gasteiger partial charge in [0.1, 0.15) is 18.2 Å². The molecular formula is C36H47N3O7. The molecule has 0 bridgehead atoms. The van der Waals surface area contributed by atoms with Gasteiger partial charge < -0.3 is 19.1 Å². The molecule has 0 aliphatic carbocycles. The number of amides is 1. The van der Waals surface area contributed by atoms with E-state index in [1.807, 2.05) is 12.1 Å². The van der Waals surface area contributed by atoms with Gasteiger partial charge >= 0.3 is 11.7 Å². The van der Waals surface area contributed by atoms with Crippen molar-refractivity contribution in [3.05, 3.63) is 94.1 Å². The summed E-state index contributed by atoms with van der Waals surface area (Å²) in [7, 11) is 2.61. The number of nitro groups is 1. The Labute approximate surface area is 273 Å². The lowest BCUT2D eigenvalue weighted by molar-refractivity contribution is -0.385. The number of likely N-dealkylation sites (N-methyl/N-ethyl adjacent to an activating group) is 1. The molecule has 0 unspecified atom stereocenters. The summed E-state index contributed by atoms with van der Waals surface area (Å²) in [6, 6.07) is 4.49. The number of nitro benzene ring substituents is 1. The van der Waals surface area contributed by atoms with Crippen LogP contribution in [0.4, 0.5) is 5.69 Å². The van der Waals surface area contributed by atoms with E-state index < -0.39 is 10.8 Å². The third kappa shape index (κ3) is 15.7. The molecule has 1 amide bonds. The van der Waals surface area contributed by atoms with Crippen LogP contribution in [0.3, 0.4) is 0 Å². The number of unbranched alkanes of at least 4 members (excludes halogenated alkanes) is 1. The van der Waals surface area contributed by atoms with E-state index in [0.29, 0.717) is 6.42 Å². The number of benzene rings is 1. The van der Waals surface area contributed by atoms with Crippen LogP contribution in [0.25, 0.3) is 6.08 Å². The van der Waals surface area contributed by atoms with Gasteiger partial charge in [0.25, 0.3) is 5.91 Å². The number of methoxy groups -OCH3 is 2. The molecule has 248 valence electrons. The van der Waals surface area contributed by atoms with E-state index in [1.54, 1.807) is 6.92 Å². The molecule has 0 aromatic heterocycles. The number of allylic oxidation sites excluding steroid dienone is 10. The minimum atomic E-state index is -0.636. The summed E-state index contributed by atoms with van der Waals surface area (Å²) in [6.45, 7) is 4.22. The third-order valence-corrected chi connectivity index (χ3v) is 6.54. The van der Waals surface area contributed by atoms with E-state index in [2.05, 4.69) is 61.6 Å². The Morgan fingerprint density at radius 3 is 2.00 bits per heavy atom. The SMILES string of the molecule is CC/C=C\C/C=C\C/C=C\C/C=C\C/C=C\CCCC(=O)OCCN(CC)C(=O)/C(C#N)=C/c1cc(OC)c(OC)c([N+](=O)[O-])c1. The van der Waals surface area contributed by atoms with Crippen molar-refractivity contribution in [2.45, 2.75) is 65.2 Å². The van der Waals surface area contributed by atoms with Crippen molar-refractivity contribution in [3.8, 4) is 17.6 Å². The average molecular weight is 634 g/mol. The van der Waals surface area contributed by atoms with Crippen molar-refractivity contribution in [1.29, 1.82) is 5.26 Å². The van der Waals surface area contributed by atoms with Gasteiger partial charge in [0.05, 0.1) is 25.7 Å². The molecule has 46 heavy (non-hydrogen) atoms. The highest BCUT2D eigenvalue weighted by Gasteiger charge is 2.23. The quantitative estimate of drug-likeness (QED) is 0.0240. The second-order valence-electron chi connectivity index (χ2n) is 9.91. The van der Waals surface area contributed by atoms with E-state index in [9.17, 15) is 25.0 Å². The van der Waals surface area contributed by atoms with Crippen LogP contribution in [-0.4, -0.2) is 55.6 Å². The van der Waals surface area contributed by atoms with Crippen LogP contribution in [-0.2, 0) is 14.3 Å². The zero-order valence-corrected chi connectivity index (χ0v) is 27.5. The van der Waals surface area contributed by atoms with Gasteiger partial charge in [-0.2, -0.15) is 5.26 Å². The summed E-state index contributed by atoms with van der Waals surface area (Å²) >= 11 is 0. The Kier molecular flexibility index (Phi) is 20.8. The van der Waals surface area contributed by atoms with Crippen LogP contribution in [0, 0.1) is 21.4 Å². The Morgan fingerprint density at radius 1 is 0.913 bits per heavy atom. The highest BCUT2D eigenvalue weighted by atomic mass is 16.6. The second kappa shape index (κ2) is 24.4. The fourth-order valence-corrected chi connectivity index (χ4v) is 4.14. The minimum Gasteiger partial charge on any atom is -0.493 e. The lowest BCUT2D eigenvalue weighted by Crippen LogP contribution is -2.35. The zero-order chi connectivity index (χ0) is 34.0. The second-order valence-corrected chi connectivity index (χ2v) is 9.91. The number of ether oxygens (including phenoxy) is 3. The molecule has 0 spiro atoms. The Morgan fingerprint density at radius 2 is 1.50 bits per heavy atom. The number of carbonyl (C=O) groups excluding carboxylic acids is 2. The largest absolute Gasteiger partial charge is 0.493 e. The van der Waals surface area contributed by atoms with Gasteiger partial charge in [-0.1, -0.05) is 67.7 Å². The van der Waals surface area contributed by atoms with Crippen LogP contribution < -0.4 is 9.47 Å². The van der Waals surface area contributed by atoms with Gasteiger partial charge in [0, 0.05) is 19.0 Å². The van der Waals surface area contributed by atoms with Crippen LogP contribution >= 0.6 is 0 Å². The first-order valence-electron chi connectivity index (χ1n) is 15.5. The van der Waals surface area contributed by atoms with Crippen molar-refractivity contribution in [2.24, 2.45) is 0 Å². The van der Waals surface area contributed by atoms with Gasteiger partial charge in [-0.3, -0.25) is 19.7 Å². The monoisotopic (exact) mass is 633 g/mol. The first-order chi connectivity index (χ1) is 22.3. The predicted octanol–water partition coefficient (Wildman–Crippen LogP) is 7.83. The molecule has 1 aromatic carbocycles. The number of nitriles is 1. The van der Waals surface area contributed by atoms with Crippen molar-refractivity contribution in [3.63, 3.8) is 0 Å². The average Bonchev–Trinajstić information content (AvgIpc) is 3.06. The Bertz CT molecular complexity index is 1330. The Balaban J connectivity index is 2.44. The maximum absolute atomic E-state index is 13.0. The third-order valence-electron chi connectivity index (χ3n) is 6.54. The molecule has 0 heterocycles. The summed E-state index contributed by atoms with van der Waals surface area (Å²) in [5.41, 5.74) is -0.366. The number of nitrogens with zero attached hydrogens (tertiary/aromatic N) is 3. The molecule has 1 rings (SSSR count). The standard InChI is InChI=1S/C36H47N3O7/c1-5-7-8-9-10-11-12-13-14-15-16-17-18-19-20-21-22-23-34(40)46-25-24-38(6-2)36(41)31(29-37)26-30-27-32(39(42)43)35(45-4)33(28-30)44-3/h7-8,10-11,13-14,16-17,19-20,26-28H,5-6,9,12,15,18,21-25H2,1-4H3/b8-7-,11-10-,14-13-,17-16-,20-19-,31-26+. The highest BCUT2D eigenvalue weighted by molar-refractivity contribution is 6.01. The van der Waals surface area contributed by atoms with Gasteiger partial charge in [0.2, 0.25) is 5.75 Å². The van der Waals surface area contributed by atoms with Crippen molar-refractivity contribution >= 4 is 23.6 Å². The lowest BCUT2D eigenvalue weighted by atomic mass is 10.1. The molecule has 0 aliphatic rings. The summed E-state index contributed by atoms with van der Waals surface area (Å²) in [5, 5.41) is 21.1. The normalized spacial score (nSPS) is 12.0. The highest BCUT2D eigenvalue weighted by Crippen LogP contribution is 2.38. The summed E-state index contributed by atoms with van der Waals surface area (Å²) in [5.74, 6) is -0.918. The summed E-state index contributed by atoms with van der Waals surface area (Å²) < 4.78 is 15.6. The van der Waals surface area contributed by atoms with Crippen molar-refractivity contribution < 1.29 is 28.7 Å². The van der Waals surface area contributed by atoms with Crippen molar-refractivity contribution in [2.75, 3.05) is 33.9 Å². The van der Waals surface area contributed by atoms with Gasteiger partial charge in [-0.15, -0.1) is 0 Å². The molecule has 0 fully saturated rings. The molecule has 0 atom stereocenters. The molecule has 10 heteroatoms. The topological polar surface area (TPSA) is 132 Å². The van der Waals surface area contributed by atoms with E-state index in [4.69, 9.17) is 14.2 Å². The van der Waals surface area contributed by atoms with Crippen LogP contribution in [0.15, 0.2) is 78.5 Å². The molecule has 0 aliphatic heterocycles. The first-order valence-corrected chi connectivity index (χ1v) is 15.5.